The van der Waals surface area contributed by atoms with Crippen LogP contribution in [0.2, 0.25) is 0 Å². The number of nitrogens with zero attached hydrogens (tertiary/aromatic N) is 2. The van der Waals surface area contributed by atoms with Crippen molar-refractivity contribution in [2.45, 2.75) is 40.7 Å². The fraction of sp³-hybridized carbons (Fsp3) is 0.500. The number of nitrogens with one attached hydrogen (secondary N) is 1. The van der Waals surface area contributed by atoms with Gasteiger partial charge in [-0.15, -0.1) is 0 Å². The van der Waals surface area contributed by atoms with Gasteiger partial charge in [0.2, 0.25) is 5.91 Å². The van der Waals surface area contributed by atoms with Crippen molar-refractivity contribution in [2.75, 3.05) is 31.6 Å². The Morgan fingerprint density at radius 1 is 1.19 bits per heavy atom. The van der Waals surface area contributed by atoms with E-state index in [9.17, 15) is 9.59 Å². The van der Waals surface area contributed by atoms with Crippen LogP contribution in [-0.4, -0.2) is 41.6 Å². The van der Waals surface area contributed by atoms with E-state index in [-0.39, 0.29) is 17.2 Å². The number of thiazole rings is 1. The number of hydrogen-bond donors (Lipinski definition) is 1. The van der Waals surface area contributed by atoms with Crippen LogP contribution in [0.1, 0.15) is 30.8 Å². The van der Waals surface area contributed by atoms with Crippen LogP contribution in [0.5, 0.6) is 5.75 Å². The zero-order valence-electron chi connectivity index (χ0n) is 16.6. The summed E-state index contributed by atoms with van der Waals surface area (Å²) in [5, 5.41) is 2.86. The molecule has 0 saturated carbocycles. The molecule has 1 aromatic carbocycles. The average Bonchev–Trinajstić information content (AvgIpc) is 2.90. The van der Waals surface area contributed by atoms with Crippen molar-refractivity contribution in [3.63, 3.8) is 0 Å². The van der Waals surface area contributed by atoms with Crippen LogP contribution in [0.15, 0.2) is 29.1 Å². The van der Waals surface area contributed by atoms with Gasteiger partial charge in [-0.3, -0.25) is 9.59 Å². The number of benzene rings is 1. The molecule has 148 valence electrons. The van der Waals surface area contributed by atoms with E-state index in [1.165, 1.54) is 11.3 Å². The molecule has 2 aromatic rings. The number of ether oxygens (including phenoxy) is 1. The standard InChI is InChI=1S/C20H29N3O3S/c1-5-22(6-2)13-14-26-18-9-7-17(8-10-18)21-19(24)11-12-23-15(3)16(4)27-20(23)25/h7-10H,5-6,11-14H2,1-4H3,(H,21,24). The van der Waals surface area contributed by atoms with Crippen molar-refractivity contribution in [3.8, 4) is 5.75 Å². The van der Waals surface area contributed by atoms with Gasteiger partial charge in [0.25, 0.3) is 0 Å². The van der Waals surface area contributed by atoms with E-state index < -0.39 is 0 Å². The van der Waals surface area contributed by atoms with Gasteiger partial charge in [-0.05, 0) is 51.2 Å². The van der Waals surface area contributed by atoms with Gasteiger partial charge in [0, 0.05) is 35.8 Å². The number of hydrogen-bond acceptors (Lipinski definition) is 5. The summed E-state index contributed by atoms with van der Waals surface area (Å²) >= 11 is 1.22. The molecule has 0 aliphatic heterocycles. The monoisotopic (exact) mass is 391 g/mol. The quantitative estimate of drug-likeness (QED) is 0.675. The smallest absolute Gasteiger partial charge is 0.307 e. The van der Waals surface area contributed by atoms with Gasteiger partial charge < -0.3 is 19.5 Å². The van der Waals surface area contributed by atoms with Crippen LogP contribution >= 0.6 is 11.3 Å². The van der Waals surface area contributed by atoms with Crippen molar-refractivity contribution in [1.29, 1.82) is 0 Å². The molecule has 6 nitrogen and oxygen atoms in total. The summed E-state index contributed by atoms with van der Waals surface area (Å²) in [7, 11) is 0. The van der Waals surface area contributed by atoms with Crippen LogP contribution in [-0.2, 0) is 11.3 Å². The van der Waals surface area contributed by atoms with Gasteiger partial charge in [0.15, 0.2) is 0 Å². The first-order chi connectivity index (χ1) is 12.9. The summed E-state index contributed by atoms with van der Waals surface area (Å²) in [5.74, 6) is 0.677. The zero-order valence-corrected chi connectivity index (χ0v) is 17.4. The predicted molar refractivity (Wildman–Crippen MR) is 111 cm³/mol. The molecular weight excluding hydrogens is 362 g/mol. The predicted octanol–water partition coefficient (Wildman–Crippen LogP) is 3.28. The molecular formula is C20H29N3O3S. The largest absolute Gasteiger partial charge is 0.492 e. The Bertz CT molecular complexity index is 792. The first-order valence-electron chi connectivity index (χ1n) is 9.36. The van der Waals surface area contributed by atoms with Crippen LogP contribution in [0.3, 0.4) is 0 Å². The number of carbonyl (C=O) groups is 1. The molecule has 0 bridgehead atoms. The van der Waals surface area contributed by atoms with E-state index in [1.807, 2.05) is 38.1 Å². The molecule has 0 saturated heterocycles. The molecule has 0 radical (unpaired) electrons. The molecule has 1 N–H and O–H groups in total. The fourth-order valence-corrected chi connectivity index (χ4v) is 3.61. The summed E-state index contributed by atoms with van der Waals surface area (Å²) in [4.78, 5) is 27.3. The third kappa shape index (κ3) is 6.22. The summed E-state index contributed by atoms with van der Waals surface area (Å²) < 4.78 is 7.40. The summed E-state index contributed by atoms with van der Waals surface area (Å²) in [6.07, 6.45) is 0.263. The van der Waals surface area contributed by atoms with Gasteiger partial charge in [-0.2, -0.15) is 0 Å². The van der Waals surface area contributed by atoms with Gasteiger partial charge in [0.05, 0.1) is 0 Å². The van der Waals surface area contributed by atoms with Gasteiger partial charge in [-0.25, -0.2) is 0 Å². The lowest BCUT2D eigenvalue weighted by atomic mass is 10.3. The SMILES string of the molecule is CCN(CC)CCOc1ccc(NC(=O)CCn2c(C)c(C)sc2=O)cc1. The molecule has 1 aromatic heterocycles. The minimum Gasteiger partial charge on any atom is -0.492 e. The van der Waals surface area contributed by atoms with E-state index in [2.05, 4.69) is 24.1 Å². The second-order valence-electron chi connectivity index (χ2n) is 6.36. The van der Waals surface area contributed by atoms with Crippen molar-refractivity contribution in [3.05, 3.63) is 44.5 Å². The Balaban J connectivity index is 1.80. The van der Waals surface area contributed by atoms with Gasteiger partial charge in [0.1, 0.15) is 12.4 Å². The Kier molecular flexibility index (Phi) is 8.06. The highest BCUT2D eigenvalue weighted by atomic mass is 32.1. The maximum atomic E-state index is 12.2. The van der Waals surface area contributed by atoms with E-state index >= 15 is 0 Å². The minimum atomic E-state index is -0.111. The second kappa shape index (κ2) is 10.3. The molecule has 0 spiro atoms. The Labute approximate surface area is 164 Å². The number of anilines is 1. The second-order valence-corrected chi connectivity index (χ2v) is 7.52. The number of rotatable bonds is 10. The molecule has 7 heteroatoms. The summed E-state index contributed by atoms with van der Waals surface area (Å²) in [5.41, 5.74) is 1.66. The Hall–Kier alpha value is -2.12. The molecule has 0 aliphatic carbocycles. The topological polar surface area (TPSA) is 63.6 Å². The number of aryl methyl sites for hydroxylation is 1. The number of aromatic nitrogens is 1. The number of likely N-dealkylation sites (N-methyl/N-ethyl adjacent to an activating group) is 1. The lowest BCUT2D eigenvalue weighted by Crippen LogP contribution is -2.27. The van der Waals surface area contributed by atoms with Crippen molar-refractivity contribution in [2.24, 2.45) is 0 Å². The molecule has 0 atom stereocenters. The highest BCUT2D eigenvalue weighted by molar-refractivity contribution is 7.09. The van der Waals surface area contributed by atoms with E-state index in [0.717, 1.165) is 41.6 Å². The molecule has 2 rings (SSSR count). The number of carbonyl (C=O) groups excluding carboxylic acids is 1. The molecule has 0 fully saturated rings. The van der Waals surface area contributed by atoms with E-state index in [1.54, 1.807) is 4.57 Å². The van der Waals surface area contributed by atoms with Crippen LogP contribution in [0, 0.1) is 13.8 Å². The van der Waals surface area contributed by atoms with Gasteiger partial charge >= 0.3 is 4.87 Å². The van der Waals surface area contributed by atoms with Crippen LogP contribution in [0.25, 0.3) is 0 Å². The maximum Gasteiger partial charge on any atom is 0.307 e. The summed E-state index contributed by atoms with van der Waals surface area (Å²) in [6.45, 7) is 12.1. The highest BCUT2D eigenvalue weighted by Gasteiger charge is 2.10. The Morgan fingerprint density at radius 2 is 1.85 bits per heavy atom. The molecule has 27 heavy (non-hydrogen) atoms. The normalized spacial score (nSPS) is 11.0. The van der Waals surface area contributed by atoms with Crippen molar-refractivity contribution < 1.29 is 9.53 Å². The highest BCUT2D eigenvalue weighted by Crippen LogP contribution is 2.16. The molecule has 0 unspecified atom stereocenters. The molecule has 0 aliphatic rings. The lowest BCUT2D eigenvalue weighted by molar-refractivity contribution is -0.116. The van der Waals surface area contributed by atoms with Crippen molar-refractivity contribution >= 4 is 22.9 Å². The minimum absolute atomic E-state index is 0.0102. The fourth-order valence-electron chi connectivity index (χ4n) is 2.75. The molecule has 1 heterocycles. The molecule has 1 amide bonds. The van der Waals surface area contributed by atoms with Gasteiger partial charge in [-0.1, -0.05) is 25.2 Å². The van der Waals surface area contributed by atoms with E-state index in [4.69, 9.17) is 4.74 Å². The third-order valence-electron chi connectivity index (χ3n) is 4.65. The van der Waals surface area contributed by atoms with E-state index in [0.29, 0.717) is 13.2 Å². The first-order valence-corrected chi connectivity index (χ1v) is 10.2. The maximum absolute atomic E-state index is 12.2. The lowest BCUT2D eigenvalue weighted by Gasteiger charge is -2.18. The van der Waals surface area contributed by atoms with Crippen LogP contribution in [0.4, 0.5) is 5.69 Å². The van der Waals surface area contributed by atoms with Crippen molar-refractivity contribution in [1.82, 2.24) is 9.47 Å². The van der Waals surface area contributed by atoms with Crippen LogP contribution < -0.4 is 14.9 Å². The third-order valence-corrected chi connectivity index (χ3v) is 5.64. The zero-order chi connectivity index (χ0) is 19.8. The number of amides is 1. The average molecular weight is 392 g/mol. The first kappa shape index (κ1) is 21.2. The Morgan fingerprint density at radius 3 is 2.41 bits per heavy atom. The summed E-state index contributed by atoms with van der Waals surface area (Å²) in [6, 6.07) is 7.37.